The molecular weight excluding hydrogens is 275 g/mol. The molecule has 6 heteroatoms. The van der Waals surface area contributed by atoms with E-state index in [1.807, 2.05) is 0 Å². The summed E-state index contributed by atoms with van der Waals surface area (Å²) in [5, 5.41) is 2.49. The average molecular weight is 296 g/mol. The molecule has 0 saturated carbocycles. The van der Waals surface area contributed by atoms with Crippen LogP contribution in [0.25, 0.3) is 0 Å². The molecule has 0 aliphatic heterocycles. The second-order valence-electron chi connectivity index (χ2n) is 5.48. The highest BCUT2D eigenvalue weighted by molar-refractivity contribution is 5.94. The van der Waals surface area contributed by atoms with Gasteiger partial charge in [-0.25, -0.2) is 9.18 Å². The molecule has 21 heavy (non-hydrogen) atoms. The molecule has 0 aliphatic carbocycles. The molecule has 1 aromatic carbocycles. The fourth-order valence-electron chi connectivity index (χ4n) is 1.59. The van der Waals surface area contributed by atoms with Crippen LogP contribution >= 0.6 is 0 Å². The second-order valence-corrected chi connectivity index (χ2v) is 5.48. The van der Waals surface area contributed by atoms with Crippen LogP contribution in [0, 0.1) is 0 Å². The van der Waals surface area contributed by atoms with Crippen LogP contribution < -0.4 is 5.32 Å². The molecule has 2 amide bonds. The highest BCUT2D eigenvalue weighted by atomic mass is 19.1. The van der Waals surface area contributed by atoms with E-state index in [1.165, 1.54) is 0 Å². The van der Waals surface area contributed by atoms with E-state index in [9.17, 15) is 14.0 Å². The minimum Gasteiger partial charge on any atom is -0.444 e. The molecule has 1 N–H and O–H groups in total. The van der Waals surface area contributed by atoms with Crippen molar-refractivity contribution < 1.29 is 18.7 Å². The molecule has 0 fully saturated rings. The van der Waals surface area contributed by atoms with E-state index in [1.54, 1.807) is 51.1 Å². The summed E-state index contributed by atoms with van der Waals surface area (Å²) >= 11 is 0. The third kappa shape index (κ3) is 6.25. The Balaban J connectivity index is 2.45. The van der Waals surface area contributed by atoms with Gasteiger partial charge in [0.25, 0.3) is 5.91 Å². The molecule has 0 saturated heterocycles. The largest absolute Gasteiger partial charge is 0.444 e. The summed E-state index contributed by atoms with van der Waals surface area (Å²) in [5.74, 6) is -0.413. The first-order chi connectivity index (χ1) is 9.83. The van der Waals surface area contributed by atoms with Crippen molar-refractivity contribution in [3.05, 3.63) is 35.9 Å². The Labute approximate surface area is 124 Å². The van der Waals surface area contributed by atoms with E-state index in [2.05, 4.69) is 5.32 Å². The summed E-state index contributed by atoms with van der Waals surface area (Å²) < 4.78 is 18.0. The van der Waals surface area contributed by atoms with Crippen molar-refractivity contribution in [1.29, 1.82) is 0 Å². The van der Waals surface area contributed by atoms with Crippen LogP contribution in [0.15, 0.2) is 30.3 Å². The van der Waals surface area contributed by atoms with Gasteiger partial charge in [-0.1, -0.05) is 18.2 Å². The van der Waals surface area contributed by atoms with Gasteiger partial charge in [-0.05, 0) is 32.9 Å². The predicted octanol–water partition coefficient (Wildman–Crippen LogP) is 2.58. The molecule has 1 rings (SSSR count). The number of nitrogens with zero attached hydrogens (tertiary/aromatic N) is 1. The maximum atomic E-state index is 13.0. The number of hydrogen-bond acceptors (Lipinski definition) is 3. The summed E-state index contributed by atoms with van der Waals surface area (Å²) in [6.07, 6.45) is -0.589. The van der Waals surface area contributed by atoms with Gasteiger partial charge in [0.1, 0.15) is 5.60 Å². The van der Waals surface area contributed by atoms with E-state index in [4.69, 9.17) is 4.74 Å². The van der Waals surface area contributed by atoms with Crippen LogP contribution in [-0.2, 0) is 4.74 Å². The monoisotopic (exact) mass is 296 g/mol. The first kappa shape index (κ1) is 16.9. The second kappa shape index (κ2) is 7.61. The van der Waals surface area contributed by atoms with Crippen molar-refractivity contribution in [2.75, 3.05) is 19.9 Å². The number of halogens is 1. The Morgan fingerprint density at radius 3 is 2.38 bits per heavy atom. The molecule has 0 aliphatic rings. The molecule has 0 bridgehead atoms. The Hall–Kier alpha value is -2.11. The van der Waals surface area contributed by atoms with Crippen molar-refractivity contribution in [2.24, 2.45) is 0 Å². The number of ether oxygens (including phenoxy) is 1. The zero-order chi connectivity index (χ0) is 15.9. The highest BCUT2D eigenvalue weighted by Gasteiger charge is 2.18. The van der Waals surface area contributed by atoms with Crippen LogP contribution in [-0.4, -0.2) is 42.4 Å². The molecule has 0 unspecified atom stereocenters. The minimum atomic E-state index is -0.913. The zero-order valence-corrected chi connectivity index (χ0v) is 12.6. The number of alkyl halides is 1. The van der Waals surface area contributed by atoms with Crippen LogP contribution in [0.5, 0.6) is 0 Å². The van der Waals surface area contributed by atoms with Gasteiger partial charge in [0.2, 0.25) is 0 Å². The average Bonchev–Trinajstić information content (AvgIpc) is 2.42. The van der Waals surface area contributed by atoms with E-state index in [0.717, 1.165) is 4.90 Å². The number of carbonyl (C=O) groups is 2. The van der Waals surface area contributed by atoms with Gasteiger partial charge in [0, 0.05) is 18.7 Å². The molecular formula is C15H21FN2O3. The summed E-state index contributed by atoms with van der Waals surface area (Å²) in [7, 11) is 0. The lowest BCUT2D eigenvalue weighted by atomic mass is 10.2. The molecule has 0 heterocycles. The number of benzene rings is 1. The normalized spacial score (nSPS) is 10.9. The standard InChI is InChI=1S/C15H21FN2O3/c1-15(2,3)21-14(20)17-9-10-18(11-16)13(19)12-7-5-4-6-8-12/h4-8H,9-11H2,1-3H3,(H,17,20). The number of amides is 2. The molecule has 5 nitrogen and oxygen atoms in total. The Morgan fingerprint density at radius 1 is 1.24 bits per heavy atom. The van der Waals surface area contributed by atoms with Gasteiger partial charge in [0.05, 0.1) is 0 Å². The molecule has 1 aromatic rings. The Kier molecular flexibility index (Phi) is 6.14. The Bertz CT molecular complexity index is 472. The SMILES string of the molecule is CC(C)(C)OC(=O)NCCN(CF)C(=O)c1ccccc1. The van der Waals surface area contributed by atoms with Gasteiger partial charge >= 0.3 is 6.09 Å². The fourth-order valence-corrected chi connectivity index (χ4v) is 1.59. The summed E-state index contributed by atoms with van der Waals surface area (Å²) in [5.41, 5.74) is -0.184. The van der Waals surface area contributed by atoms with Crippen molar-refractivity contribution >= 4 is 12.0 Å². The van der Waals surface area contributed by atoms with Gasteiger partial charge in [0.15, 0.2) is 6.80 Å². The highest BCUT2D eigenvalue weighted by Crippen LogP contribution is 2.07. The summed E-state index contributed by atoms with van der Waals surface area (Å²) in [6.45, 7) is 4.53. The lowest BCUT2D eigenvalue weighted by Crippen LogP contribution is -2.40. The predicted molar refractivity (Wildman–Crippen MR) is 77.7 cm³/mol. The third-order valence-electron chi connectivity index (χ3n) is 2.50. The molecule has 0 radical (unpaired) electrons. The quantitative estimate of drug-likeness (QED) is 0.850. The van der Waals surface area contributed by atoms with Crippen molar-refractivity contribution in [1.82, 2.24) is 10.2 Å². The molecule has 116 valence electrons. The number of hydrogen-bond donors (Lipinski definition) is 1. The molecule has 0 aromatic heterocycles. The lowest BCUT2D eigenvalue weighted by Gasteiger charge is -2.22. The smallest absolute Gasteiger partial charge is 0.407 e. The number of rotatable bonds is 5. The number of nitrogens with one attached hydrogen (secondary N) is 1. The molecule has 0 atom stereocenters. The van der Waals surface area contributed by atoms with Crippen molar-refractivity contribution in [2.45, 2.75) is 26.4 Å². The van der Waals surface area contributed by atoms with Gasteiger partial charge in [-0.15, -0.1) is 0 Å². The van der Waals surface area contributed by atoms with Crippen LogP contribution in [0.1, 0.15) is 31.1 Å². The zero-order valence-electron chi connectivity index (χ0n) is 12.6. The number of carbonyl (C=O) groups excluding carboxylic acids is 2. The van der Waals surface area contributed by atoms with E-state index in [-0.39, 0.29) is 13.1 Å². The first-order valence-corrected chi connectivity index (χ1v) is 6.70. The van der Waals surface area contributed by atoms with Crippen LogP contribution in [0.2, 0.25) is 0 Å². The van der Waals surface area contributed by atoms with E-state index in [0.29, 0.717) is 5.56 Å². The van der Waals surface area contributed by atoms with Gasteiger partial charge in [-0.2, -0.15) is 0 Å². The summed E-state index contributed by atoms with van der Waals surface area (Å²) in [4.78, 5) is 24.5. The lowest BCUT2D eigenvalue weighted by molar-refractivity contribution is 0.0503. The maximum Gasteiger partial charge on any atom is 0.407 e. The fraction of sp³-hybridized carbons (Fsp3) is 0.467. The van der Waals surface area contributed by atoms with Crippen LogP contribution in [0.3, 0.4) is 0 Å². The first-order valence-electron chi connectivity index (χ1n) is 6.70. The Morgan fingerprint density at radius 2 is 1.86 bits per heavy atom. The van der Waals surface area contributed by atoms with Crippen molar-refractivity contribution in [3.63, 3.8) is 0 Å². The van der Waals surface area contributed by atoms with Gasteiger partial charge < -0.3 is 15.0 Å². The topological polar surface area (TPSA) is 58.6 Å². The van der Waals surface area contributed by atoms with E-state index < -0.39 is 24.4 Å². The molecule has 0 spiro atoms. The van der Waals surface area contributed by atoms with Crippen LogP contribution in [0.4, 0.5) is 9.18 Å². The maximum absolute atomic E-state index is 13.0. The van der Waals surface area contributed by atoms with Gasteiger partial charge in [-0.3, -0.25) is 4.79 Å². The third-order valence-corrected chi connectivity index (χ3v) is 2.50. The van der Waals surface area contributed by atoms with Crippen molar-refractivity contribution in [3.8, 4) is 0 Å². The number of alkyl carbamates (subject to hydrolysis) is 1. The van der Waals surface area contributed by atoms with E-state index >= 15 is 0 Å². The minimum absolute atomic E-state index is 0.0729. The summed E-state index contributed by atoms with van der Waals surface area (Å²) in [6, 6.07) is 8.43.